The number of hydrogen-bond acceptors (Lipinski definition) is 9. The quantitative estimate of drug-likeness (QED) is 0.448. The lowest BCUT2D eigenvalue weighted by Gasteiger charge is -2.35. The minimum absolute atomic E-state index is 0.284. The van der Waals surface area contributed by atoms with Gasteiger partial charge < -0.3 is 25.0 Å². The molecule has 30 heavy (non-hydrogen) atoms. The molecule has 1 aromatic carbocycles. The van der Waals surface area contributed by atoms with E-state index in [2.05, 4.69) is 42.2 Å². The molecule has 0 radical (unpaired) electrons. The fraction of sp³-hybridized carbons (Fsp3) is 0.368. The van der Waals surface area contributed by atoms with Crippen LogP contribution >= 0.6 is 0 Å². The molecule has 156 valence electrons. The van der Waals surface area contributed by atoms with Gasteiger partial charge in [0.05, 0.1) is 18.2 Å². The summed E-state index contributed by atoms with van der Waals surface area (Å²) in [6.45, 7) is 4.48. The second-order valence-electron chi connectivity index (χ2n) is 7.06. The number of methoxy groups -OCH3 is 1. The lowest BCUT2D eigenvalue weighted by Crippen LogP contribution is -2.47. The summed E-state index contributed by atoms with van der Waals surface area (Å²) in [5.74, 6) is 1.78. The summed E-state index contributed by atoms with van der Waals surface area (Å²) < 4.78 is 12.2. The predicted octanol–water partition coefficient (Wildman–Crippen LogP) is 0.935. The summed E-state index contributed by atoms with van der Waals surface area (Å²) in [5.41, 5.74) is 8.47. The van der Waals surface area contributed by atoms with Crippen molar-refractivity contribution in [2.45, 2.75) is 0 Å². The van der Waals surface area contributed by atoms with Gasteiger partial charge in [-0.2, -0.15) is 19.6 Å². The highest BCUT2D eigenvalue weighted by molar-refractivity contribution is 5.89. The lowest BCUT2D eigenvalue weighted by molar-refractivity contribution is 0.146. The maximum atomic E-state index is 6.03. The molecule has 3 aromatic heterocycles. The smallest absolute Gasteiger partial charge is 0.245 e. The van der Waals surface area contributed by atoms with Crippen LogP contribution in [-0.4, -0.2) is 76.3 Å². The van der Waals surface area contributed by atoms with E-state index in [1.165, 1.54) is 5.69 Å². The molecule has 1 aliphatic rings. The number of fused-ring (bicyclic) bond motifs is 3. The van der Waals surface area contributed by atoms with Crippen LogP contribution in [0.2, 0.25) is 0 Å². The van der Waals surface area contributed by atoms with Crippen molar-refractivity contribution in [2.24, 2.45) is 0 Å². The van der Waals surface area contributed by atoms with Gasteiger partial charge in [-0.25, -0.2) is 0 Å². The van der Waals surface area contributed by atoms with Crippen molar-refractivity contribution in [3.05, 3.63) is 30.5 Å². The zero-order valence-corrected chi connectivity index (χ0v) is 16.7. The van der Waals surface area contributed by atoms with E-state index in [0.29, 0.717) is 30.5 Å². The van der Waals surface area contributed by atoms with Crippen molar-refractivity contribution >= 4 is 34.3 Å². The summed E-state index contributed by atoms with van der Waals surface area (Å²) in [6, 6.07) is 8.16. The van der Waals surface area contributed by atoms with Crippen molar-refractivity contribution in [1.82, 2.24) is 29.8 Å². The molecule has 1 fully saturated rings. The molecule has 11 nitrogen and oxygen atoms in total. The number of aromatic amines is 1. The zero-order chi connectivity index (χ0) is 20.5. The summed E-state index contributed by atoms with van der Waals surface area (Å²) in [4.78, 5) is 13.5. The topological polar surface area (TPSA) is 123 Å². The van der Waals surface area contributed by atoms with Gasteiger partial charge in [-0.05, 0) is 24.3 Å². The van der Waals surface area contributed by atoms with E-state index in [4.69, 9.17) is 20.2 Å². The molecular weight excluding hydrogens is 386 g/mol. The first-order valence-corrected chi connectivity index (χ1v) is 9.80. The van der Waals surface area contributed by atoms with Crippen molar-refractivity contribution < 1.29 is 9.47 Å². The maximum Gasteiger partial charge on any atom is 0.245 e. The Labute approximate surface area is 172 Å². The van der Waals surface area contributed by atoms with Crippen molar-refractivity contribution in [1.29, 1.82) is 0 Å². The number of aromatic nitrogens is 6. The summed E-state index contributed by atoms with van der Waals surface area (Å²) in [6.07, 6.45) is 1.69. The van der Waals surface area contributed by atoms with E-state index >= 15 is 0 Å². The van der Waals surface area contributed by atoms with Crippen LogP contribution in [0, 0.1) is 0 Å². The molecule has 0 saturated carbocycles. The second kappa shape index (κ2) is 7.67. The van der Waals surface area contributed by atoms with E-state index in [1.54, 1.807) is 17.8 Å². The number of nitrogen functional groups attached to an aromatic ring is 1. The Morgan fingerprint density at radius 1 is 1.03 bits per heavy atom. The zero-order valence-electron chi connectivity index (χ0n) is 16.7. The van der Waals surface area contributed by atoms with Gasteiger partial charge in [0, 0.05) is 39.0 Å². The highest BCUT2D eigenvalue weighted by Gasteiger charge is 2.22. The first-order valence-electron chi connectivity index (χ1n) is 9.80. The highest BCUT2D eigenvalue weighted by Crippen LogP contribution is 2.24. The minimum atomic E-state index is 0.284. The molecule has 5 rings (SSSR count). The molecule has 0 bridgehead atoms. The number of piperazine rings is 1. The van der Waals surface area contributed by atoms with Crippen LogP contribution in [0.5, 0.6) is 5.75 Å². The number of nitrogens with zero attached hydrogens (tertiary/aromatic N) is 7. The number of hydrogen-bond donors (Lipinski definition) is 2. The van der Waals surface area contributed by atoms with Crippen LogP contribution in [0.1, 0.15) is 0 Å². The molecule has 11 heteroatoms. The van der Waals surface area contributed by atoms with Gasteiger partial charge in [-0.3, -0.25) is 5.10 Å². The molecule has 0 aliphatic carbocycles. The van der Waals surface area contributed by atoms with E-state index in [1.807, 2.05) is 12.1 Å². The van der Waals surface area contributed by atoms with Crippen LogP contribution in [-0.2, 0) is 4.74 Å². The van der Waals surface area contributed by atoms with E-state index in [0.717, 1.165) is 37.3 Å². The van der Waals surface area contributed by atoms with Crippen LogP contribution in [0.15, 0.2) is 30.5 Å². The molecule has 1 aliphatic heterocycles. The predicted molar refractivity (Wildman–Crippen MR) is 113 cm³/mol. The molecule has 4 aromatic rings. The Hall–Kier alpha value is -3.60. The van der Waals surface area contributed by atoms with Gasteiger partial charge in [-0.15, -0.1) is 5.10 Å². The second-order valence-corrected chi connectivity index (χ2v) is 7.06. The van der Waals surface area contributed by atoms with Crippen molar-refractivity contribution in [3.63, 3.8) is 0 Å². The lowest BCUT2D eigenvalue weighted by atomic mass is 10.2. The van der Waals surface area contributed by atoms with E-state index < -0.39 is 0 Å². The molecule has 0 unspecified atom stereocenters. The first-order chi connectivity index (χ1) is 14.7. The number of benzene rings is 1. The molecule has 3 N–H and O–H groups in total. The van der Waals surface area contributed by atoms with Crippen molar-refractivity contribution in [3.8, 4) is 5.75 Å². The molecule has 1 saturated heterocycles. The van der Waals surface area contributed by atoms with Gasteiger partial charge in [0.1, 0.15) is 12.4 Å². The Morgan fingerprint density at radius 3 is 2.57 bits per heavy atom. The number of H-pyrrole nitrogens is 1. The largest absolute Gasteiger partial charge is 0.491 e. The Kier molecular flexibility index (Phi) is 4.71. The Bertz CT molecular complexity index is 1150. The van der Waals surface area contributed by atoms with Crippen LogP contribution < -0.4 is 20.3 Å². The molecule has 4 heterocycles. The monoisotopic (exact) mass is 409 g/mol. The van der Waals surface area contributed by atoms with Crippen LogP contribution in [0.4, 0.5) is 17.6 Å². The summed E-state index contributed by atoms with van der Waals surface area (Å²) in [7, 11) is 1.66. The average Bonchev–Trinajstić information content (AvgIpc) is 3.42. The van der Waals surface area contributed by atoms with Crippen LogP contribution in [0.3, 0.4) is 0 Å². The number of rotatable bonds is 6. The molecule has 0 amide bonds. The third kappa shape index (κ3) is 3.32. The van der Waals surface area contributed by atoms with Gasteiger partial charge in [-0.1, -0.05) is 0 Å². The van der Waals surface area contributed by atoms with Crippen LogP contribution in [0.25, 0.3) is 16.7 Å². The third-order valence-corrected chi connectivity index (χ3v) is 5.22. The first kappa shape index (κ1) is 18.4. The fourth-order valence-electron chi connectivity index (χ4n) is 3.62. The fourth-order valence-corrected chi connectivity index (χ4v) is 3.62. The maximum absolute atomic E-state index is 6.03. The number of ether oxygens (including phenoxy) is 2. The van der Waals surface area contributed by atoms with Gasteiger partial charge in [0.25, 0.3) is 0 Å². The molecule has 0 atom stereocenters. The third-order valence-electron chi connectivity index (χ3n) is 5.22. The van der Waals surface area contributed by atoms with Crippen molar-refractivity contribution in [2.75, 3.05) is 62.0 Å². The highest BCUT2D eigenvalue weighted by atomic mass is 16.5. The molecular formula is C19H23N9O2. The standard InChI is InChI=1S/C19H23N9O2/c1-29-10-11-30-14-4-2-13(3-5-14)26-6-8-27(9-7-26)19-23-17-15-12-21-24-16(15)22-18(20)28(17)25-19/h2-5,12H,6-11H2,1H3,(H3,20,21,22,24). The van der Waals surface area contributed by atoms with E-state index in [9.17, 15) is 0 Å². The normalized spacial score (nSPS) is 14.7. The number of nitrogens with one attached hydrogen (secondary N) is 1. The Morgan fingerprint density at radius 2 is 1.80 bits per heavy atom. The van der Waals surface area contributed by atoms with Gasteiger partial charge in [0.15, 0.2) is 11.3 Å². The SMILES string of the molecule is COCCOc1ccc(N2CCN(c3nc4c5cn[nH]c5nc(N)n4n3)CC2)cc1. The van der Waals surface area contributed by atoms with Gasteiger partial charge in [0.2, 0.25) is 11.9 Å². The number of nitrogens with two attached hydrogens (primary N) is 1. The van der Waals surface area contributed by atoms with Gasteiger partial charge >= 0.3 is 0 Å². The molecule has 0 spiro atoms. The number of anilines is 3. The summed E-state index contributed by atoms with van der Waals surface area (Å²) >= 11 is 0. The summed E-state index contributed by atoms with van der Waals surface area (Å²) in [5, 5.41) is 12.2. The minimum Gasteiger partial charge on any atom is -0.491 e. The average molecular weight is 409 g/mol. The Balaban J connectivity index is 1.27. The van der Waals surface area contributed by atoms with E-state index in [-0.39, 0.29) is 5.95 Å².